The third kappa shape index (κ3) is 6.37. The molecule has 0 radical (unpaired) electrons. The number of aryl methyl sites for hydroxylation is 1. The number of benzene rings is 3. The molecule has 2 N–H and O–H groups in total. The lowest BCUT2D eigenvalue weighted by atomic mass is 10.1. The number of hydrazone groups is 2. The third-order valence-corrected chi connectivity index (χ3v) is 4.63. The first-order valence-electron chi connectivity index (χ1n) is 10.0. The van der Waals surface area contributed by atoms with Crippen molar-refractivity contribution in [1.29, 1.82) is 0 Å². The largest absolute Gasteiger partial charge is 0.378 e. The minimum absolute atomic E-state index is 0.278. The zero-order valence-electron chi connectivity index (χ0n) is 18.2. The number of rotatable bonds is 7. The van der Waals surface area contributed by atoms with Crippen LogP contribution < -0.4 is 15.8 Å². The number of hydrogen-bond donors (Lipinski definition) is 2. The molecular formula is C25H25N5O2. The van der Waals surface area contributed by atoms with Gasteiger partial charge in [0.15, 0.2) is 0 Å². The molecule has 0 atom stereocenters. The maximum atomic E-state index is 12.2. The summed E-state index contributed by atoms with van der Waals surface area (Å²) >= 11 is 0. The number of carbonyl (C=O) groups excluding carboxylic acids is 2. The lowest BCUT2D eigenvalue weighted by molar-refractivity contribution is 0.0947. The number of carbonyl (C=O) groups is 2. The van der Waals surface area contributed by atoms with Crippen molar-refractivity contribution in [2.45, 2.75) is 6.92 Å². The summed E-state index contributed by atoms with van der Waals surface area (Å²) in [6.07, 6.45) is 3.10. The summed E-state index contributed by atoms with van der Waals surface area (Å²) in [6.45, 7) is 1.96. The molecule has 0 aliphatic heterocycles. The molecule has 0 aliphatic carbocycles. The summed E-state index contributed by atoms with van der Waals surface area (Å²) in [5.74, 6) is -0.566. The molecular weight excluding hydrogens is 402 g/mol. The van der Waals surface area contributed by atoms with Gasteiger partial charge in [-0.25, -0.2) is 10.9 Å². The average molecular weight is 428 g/mol. The molecule has 0 bridgehead atoms. The van der Waals surface area contributed by atoms with Crippen LogP contribution in [0.1, 0.15) is 37.4 Å². The molecule has 0 aliphatic rings. The van der Waals surface area contributed by atoms with Gasteiger partial charge in [0, 0.05) is 30.9 Å². The van der Waals surface area contributed by atoms with Crippen LogP contribution in [-0.2, 0) is 0 Å². The highest BCUT2D eigenvalue weighted by Gasteiger charge is 2.05. The molecule has 3 aromatic carbocycles. The van der Waals surface area contributed by atoms with Gasteiger partial charge in [0.1, 0.15) is 0 Å². The Morgan fingerprint density at radius 2 is 1.22 bits per heavy atom. The average Bonchev–Trinajstić information content (AvgIpc) is 2.79. The maximum Gasteiger partial charge on any atom is 0.271 e. The SMILES string of the molecule is Cc1ccc(C(=O)NN=Cc2cccc(C=NNC(=O)c3ccc(N(C)C)cc3)c2)cc1. The van der Waals surface area contributed by atoms with E-state index in [0.717, 1.165) is 22.4 Å². The van der Waals surface area contributed by atoms with Crippen LogP contribution >= 0.6 is 0 Å². The van der Waals surface area contributed by atoms with E-state index in [1.54, 1.807) is 36.7 Å². The van der Waals surface area contributed by atoms with Crippen LogP contribution in [-0.4, -0.2) is 38.3 Å². The summed E-state index contributed by atoms with van der Waals surface area (Å²) in [6, 6.07) is 21.9. The number of hydrogen-bond acceptors (Lipinski definition) is 5. The van der Waals surface area contributed by atoms with Gasteiger partial charge in [-0.15, -0.1) is 0 Å². The van der Waals surface area contributed by atoms with E-state index in [-0.39, 0.29) is 11.8 Å². The van der Waals surface area contributed by atoms with E-state index in [4.69, 9.17) is 0 Å². The summed E-state index contributed by atoms with van der Waals surface area (Å²) in [7, 11) is 3.88. The Hall–Kier alpha value is -4.26. The van der Waals surface area contributed by atoms with Gasteiger partial charge in [0.25, 0.3) is 11.8 Å². The van der Waals surface area contributed by atoms with Gasteiger partial charge in [-0.3, -0.25) is 9.59 Å². The lowest BCUT2D eigenvalue weighted by Crippen LogP contribution is -2.18. The normalized spacial score (nSPS) is 11.0. The van der Waals surface area contributed by atoms with Gasteiger partial charge in [-0.05, 0) is 60.5 Å². The van der Waals surface area contributed by atoms with Crippen LogP contribution in [0.25, 0.3) is 0 Å². The molecule has 7 heteroatoms. The van der Waals surface area contributed by atoms with Gasteiger partial charge in [0.2, 0.25) is 0 Å². The Balaban J connectivity index is 1.55. The molecule has 32 heavy (non-hydrogen) atoms. The summed E-state index contributed by atoms with van der Waals surface area (Å²) < 4.78 is 0. The van der Waals surface area contributed by atoms with Crippen LogP contribution in [0.3, 0.4) is 0 Å². The van der Waals surface area contributed by atoms with Gasteiger partial charge in [-0.1, -0.05) is 35.9 Å². The Labute approximate surface area is 187 Å². The molecule has 3 aromatic rings. The fourth-order valence-corrected chi connectivity index (χ4v) is 2.80. The second-order valence-corrected chi connectivity index (χ2v) is 7.38. The van der Waals surface area contributed by atoms with Crippen molar-refractivity contribution in [2.24, 2.45) is 10.2 Å². The van der Waals surface area contributed by atoms with Crippen LogP contribution in [0.4, 0.5) is 5.69 Å². The predicted octanol–water partition coefficient (Wildman–Crippen LogP) is 3.59. The van der Waals surface area contributed by atoms with E-state index >= 15 is 0 Å². The first-order valence-corrected chi connectivity index (χ1v) is 10.0. The predicted molar refractivity (Wildman–Crippen MR) is 129 cm³/mol. The van der Waals surface area contributed by atoms with Gasteiger partial charge in [-0.2, -0.15) is 10.2 Å². The highest BCUT2D eigenvalue weighted by atomic mass is 16.2. The summed E-state index contributed by atoms with van der Waals surface area (Å²) in [4.78, 5) is 26.3. The standard InChI is InChI=1S/C25H25N5O2/c1-18-7-9-21(10-8-18)24(31)28-26-16-19-5-4-6-20(15-19)17-27-29-25(32)22-11-13-23(14-12-22)30(2)3/h4-17H,1-3H3,(H,28,31)(H,29,32). The number of amides is 2. The topological polar surface area (TPSA) is 86.2 Å². The van der Waals surface area contributed by atoms with E-state index in [2.05, 4.69) is 21.1 Å². The molecule has 0 aromatic heterocycles. The number of anilines is 1. The van der Waals surface area contributed by atoms with Crippen molar-refractivity contribution in [3.05, 3.63) is 101 Å². The van der Waals surface area contributed by atoms with Crippen LogP contribution in [0.15, 0.2) is 83.0 Å². The molecule has 2 amide bonds. The van der Waals surface area contributed by atoms with Crippen LogP contribution in [0.5, 0.6) is 0 Å². The minimum Gasteiger partial charge on any atom is -0.378 e. The van der Waals surface area contributed by atoms with Gasteiger partial charge < -0.3 is 4.90 Å². The van der Waals surface area contributed by atoms with E-state index in [1.165, 1.54) is 0 Å². The highest BCUT2D eigenvalue weighted by Crippen LogP contribution is 2.12. The Kier molecular flexibility index (Phi) is 7.48. The van der Waals surface area contributed by atoms with Crippen molar-refractivity contribution >= 4 is 29.9 Å². The summed E-state index contributed by atoms with van der Waals surface area (Å²) in [5.41, 5.74) is 9.76. The monoisotopic (exact) mass is 427 g/mol. The maximum absolute atomic E-state index is 12.2. The summed E-state index contributed by atoms with van der Waals surface area (Å²) in [5, 5.41) is 8.03. The van der Waals surface area contributed by atoms with Crippen molar-refractivity contribution < 1.29 is 9.59 Å². The zero-order chi connectivity index (χ0) is 22.9. The second-order valence-electron chi connectivity index (χ2n) is 7.38. The van der Waals surface area contributed by atoms with Crippen LogP contribution in [0, 0.1) is 6.92 Å². The quantitative estimate of drug-likeness (QED) is 0.446. The molecule has 0 spiro atoms. The van der Waals surface area contributed by atoms with E-state index in [0.29, 0.717) is 11.1 Å². The molecule has 0 heterocycles. The molecule has 0 unspecified atom stereocenters. The fourth-order valence-electron chi connectivity index (χ4n) is 2.80. The second kappa shape index (κ2) is 10.7. The molecule has 0 fully saturated rings. The third-order valence-electron chi connectivity index (χ3n) is 4.63. The van der Waals surface area contributed by atoms with Gasteiger partial charge in [0.05, 0.1) is 12.4 Å². The van der Waals surface area contributed by atoms with E-state index in [9.17, 15) is 9.59 Å². The smallest absolute Gasteiger partial charge is 0.271 e. The Morgan fingerprint density at radius 1 is 0.750 bits per heavy atom. The van der Waals surface area contributed by atoms with Crippen LogP contribution in [0.2, 0.25) is 0 Å². The first kappa shape index (κ1) is 22.4. The number of nitrogens with zero attached hydrogens (tertiary/aromatic N) is 3. The van der Waals surface area contributed by atoms with E-state index < -0.39 is 0 Å². The lowest BCUT2D eigenvalue weighted by Gasteiger charge is -2.12. The Bertz CT molecular complexity index is 1130. The van der Waals surface area contributed by atoms with Crippen molar-refractivity contribution in [3.8, 4) is 0 Å². The van der Waals surface area contributed by atoms with Gasteiger partial charge >= 0.3 is 0 Å². The molecule has 3 rings (SSSR count). The van der Waals surface area contributed by atoms with Crippen molar-refractivity contribution in [3.63, 3.8) is 0 Å². The molecule has 0 saturated carbocycles. The fraction of sp³-hybridized carbons (Fsp3) is 0.120. The van der Waals surface area contributed by atoms with Crippen molar-refractivity contribution in [2.75, 3.05) is 19.0 Å². The highest BCUT2D eigenvalue weighted by molar-refractivity contribution is 5.96. The first-order chi connectivity index (χ1) is 15.4. The Morgan fingerprint density at radius 3 is 1.69 bits per heavy atom. The molecule has 0 saturated heterocycles. The minimum atomic E-state index is -0.289. The zero-order valence-corrected chi connectivity index (χ0v) is 18.2. The van der Waals surface area contributed by atoms with Crippen molar-refractivity contribution in [1.82, 2.24) is 10.9 Å². The molecule has 7 nitrogen and oxygen atoms in total. The van der Waals surface area contributed by atoms with E-state index in [1.807, 2.05) is 74.4 Å². The number of nitrogens with one attached hydrogen (secondary N) is 2. The molecule has 162 valence electrons.